The standard InChI is InChI=1S/C15H20N2O5S/c1-8(14(19)21-3)13(15(20)22-4)23-12-7-10(17-9(2)18)5-6-11(12)16/h5-8,13H,16H2,1-4H3,(H,17,18). The number of nitrogen functional groups attached to an aromatic ring is 1. The van der Waals surface area contributed by atoms with Crippen LogP contribution in [-0.2, 0) is 23.9 Å². The van der Waals surface area contributed by atoms with Crippen LogP contribution >= 0.6 is 11.8 Å². The van der Waals surface area contributed by atoms with Crippen LogP contribution in [0.5, 0.6) is 0 Å². The summed E-state index contributed by atoms with van der Waals surface area (Å²) >= 11 is 1.09. The average Bonchev–Trinajstić information content (AvgIpc) is 2.52. The maximum absolute atomic E-state index is 12.0. The number of carbonyl (C=O) groups excluding carboxylic acids is 3. The molecule has 3 N–H and O–H groups in total. The number of ether oxygens (including phenoxy) is 2. The number of nitrogens with two attached hydrogens (primary N) is 1. The third-order valence-electron chi connectivity index (χ3n) is 3.05. The number of amides is 1. The molecule has 0 bridgehead atoms. The van der Waals surface area contributed by atoms with Crippen LogP contribution in [0.3, 0.4) is 0 Å². The zero-order valence-electron chi connectivity index (χ0n) is 13.4. The summed E-state index contributed by atoms with van der Waals surface area (Å²) in [7, 11) is 2.50. The first-order valence-corrected chi connectivity index (χ1v) is 7.67. The summed E-state index contributed by atoms with van der Waals surface area (Å²) in [4.78, 5) is 35.4. The van der Waals surface area contributed by atoms with Crippen LogP contribution in [0.25, 0.3) is 0 Å². The summed E-state index contributed by atoms with van der Waals surface area (Å²) in [6.07, 6.45) is 0. The van der Waals surface area contributed by atoms with Crippen LogP contribution in [0.1, 0.15) is 13.8 Å². The molecule has 1 aromatic carbocycles. The molecule has 126 valence electrons. The highest BCUT2D eigenvalue weighted by Gasteiger charge is 2.33. The van der Waals surface area contributed by atoms with Gasteiger partial charge >= 0.3 is 11.9 Å². The molecule has 2 unspecified atom stereocenters. The highest BCUT2D eigenvalue weighted by atomic mass is 32.2. The van der Waals surface area contributed by atoms with Crippen molar-refractivity contribution in [1.29, 1.82) is 0 Å². The summed E-state index contributed by atoms with van der Waals surface area (Å²) in [5.74, 6) is -2.03. The number of carbonyl (C=O) groups is 3. The van der Waals surface area contributed by atoms with Gasteiger partial charge in [0.1, 0.15) is 5.25 Å². The van der Waals surface area contributed by atoms with E-state index in [0.29, 0.717) is 16.3 Å². The molecule has 0 fully saturated rings. The molecular weight excluding hydrogens is 320 g/mol. The lowest BCUT2D eigenvalue weighted by Crippen LogP contribution is -2.32. The Balaban J connectivity index is 3.09. The monoisotopic (exact) mass is 340 g/mol. The van der Waals surface area contributed by atoms with Crippen molar-refractivity contribution in [1.82, 2.24) is 0 Å². The lowest BCUT2D eigenvalue weighted by atomic mass is 10.1. The lowest BCUT2D eigenvalue weighted by molar-refractivity contribution is -0.150. The van der Waals surface area contributed by atoms with Gasteiger partial charge in [0.05, 0.1) is 20.1 Å². The fourth-order valence-electron chi connectivity index (χ4n) is 1.83. The molecule has 7 nitrogen and oxygen atoms in total. The van der Waals surface area contributed by atoms with Crippen molar-refractivity contribution >= 4 is 41.0 Å². The van der Waals surface area contributed by atoms with Gasteiger partial charge in [0.2, 0.25) is 5.91 Å². The number of rotatable bonds is 6. The number of hydrogen-bond acceptors (Lipinski definition) is 7. The van der Waals surface area contributed by atoms with Crippen molar-refractivity contribution in [3.05, 3.63) is 18.2 Å². The molecule has 0 aliphatic heterocycles. The number of hydrogen-bond donors (Lipinski definition) is 2. The third-order valence-corrected chi connectivity index (χ3v) is 4.51. The smallest absolute Gasteiger partial charge is 0.320 e. The summed E-state index contributed by atoms with van der Waals surface area (Å²) in [6, 6.07) is 4.91. The van der Waals surface area contributed by atoms with Gasteiger partial charge in [-0.25, -0.2) is 0 Å². The Kier molecular flexibility index (Phi) is 6.89. The molecule has 1 rings (SSSR count). The third kappa shape index (κ3) is 5.17. The van der Waals surface area contributed by atoms with E-state index < -0.39 is 23.1 Å². The topological polar surface area (TPSA) is 108 Å². The van der Waals surface area contributed by atoms with Crippen molar-refractivity contribution in [2.24, 2.45) is 5.92 Å². The highest BCUT2D eigenvalue weighted by Crippen LogP contribution is 2.35. The summed E-state index contributed by atoms with van der Waals surface area (Å²) in [5.41, 5.74) is 6.89. The minimum absolute atomic E-state index is 0.224. The molecule has 0 radical (unpaired) electrons. The number of esters is 2. The first-order valence-electron chi connectivity index (χ1n) is 6.79. The fraction of sp³-hybridized carbons (Fsp3) is 0.400. The Hall–Kier alpha value is -2.22. The van der Waals surface area contributed by atoms with Gasteiger partial charge in [0, 0.05) is 23.2 Å². The van der Waals surface area contributed by atoms with Gasteiger partial charge in [0.15, 0.2) is 0 Å². The second kappa shape index (κ2) is 8.42. The Bertz CT molecular complexity index is 606. The number of anilines is 2. The first kappa shape index (κ1) is 18.8. The Labute approximate surface area is 138 Å². The molecule has 0 heterocycles. The van der Waals surface area contributed by atoms with Gasteiger partial charge in [-0.2, -0.15) is 0 Å². The molecule has 23 heavy (non-hydrogen) atoms. The predicted octanol–water partition coefficient (Wildman–Crippen LogP) is 1.67. The van der Waals surface area contributed by atoms with Gasteiger partial charge in [-0.05, 0) is 18.2 Å². The van der Waals surface area contributed by atoms with Crippen molar-refractivity contribution in [2.75, 3.05) is 25.3 Å². The molecular formula is C15H20N2O5S. The Morgan fingerprint density at radius 1 is 1.17 bits per heavy atom. The minimum atomic E-state index is -0.817. The molecule has 0 aromatic heterocycles. The summed E-state index contributed by atoms with van der Waals surface area (Å²) < 4.78 is 9.44. The van der Waals surface area contributed by atoms with E-state index in [9.17, 15) is 14.4 Å². The SMILES string of the molecule is COC(=O)C(C)C(Sc1cc(NC(C)=O)ccc1N)C(=O)OC. The van der Waals surface area contributed by atoms with E-state index in [2.05, 4.69) is 10.1 Å². The zero-order valence-corrected chi connectivity index (χ0v) is 14.2. The van der Waals surface area contributed by atoms with E-state index in [-0.39, 0.29) is 5.91 Å². The Morgan fingerprint density at radius 3 is 2.30 bits per heavy atom. The molecule has 1 amide bonds. The van der Waals surface area contributed by atoms with Crippen molar-refractivity contribution < 1.29 is 23.9 Å². The largest absolute Gasteiger partial charge is 0.469 e. The Morgan fingerprint density at radius 2 is 1.78 bits per heavy atom. The quantitative estimate of drug-likeness (QED) is 0.461. The lowest BCUT2D eigenvalue weighted by Gasteiger charge is -2.20. The van der Waals surface area contributed by atoms with Gasteiger partial charge in [-0.3, -0.25) is 14.4 Å². The maximum atomic E-state index is 12.0. The summed E-state index contributed by atoms with van der Waals surface area (Å²) in [6.45, 7) is 2.97. The number of thioether (sulfide) groups is 1. The van der Waals surface area contributed by atoms with Crippen LogP contribution in [-0.4, -0.2) is 37.3 Å². The van der Waals surface area contributed by atoms with Crippen LogP contribution in [0, 0.1) is 5.92 Å². The molecule has 8 heteroatoms. The van der Waals surface area contributed by atoms with E-state index >= 15 is 0 Å². The van der Waals surface area contributed by atoms with Gasteiger partial charge in [-0.15, -0.1) is 11.8 Å². The molecule has 0 aliphatic rings. The van der Waals surface area contributed by atoms with Crippen molar-refractivity contribution in [2.45, 2.75) is 24.0 Å². The minimum Gasteiger partial charge on any atom is -0.469 e. The number of methoxy groups -OCH3 is 2. The second-order valence-electron chi connectivity index (χ2n) is 4.81. The van der Waals surface area contributed by atoms with Crippen molar-refractivity contribution in [3.8, 4) is 0 Å². The zero-order chi connectivity index (χ0) is 17.6. The molecule has 1 aromatic rings. The molecule has 2 atom stereocenters. The van der Waals surface area contributed by atoms with Crippen LogP contribution in [0.4, 0.5) is 11.4 Å². The predicted molar refractivity (Wildman–Crippen MR) is 88.0 cm³/mol. The van der Waals surface area contributed by atoms with Crippen LogP contribution in [0.2, 0.25) is 0 Å². The average molecular weight is 340 g/mol. The van der Waals surface area contributed by atoms with E-state index in [1.165, 1.54) is 21.1 Å². The van der Waals surface area contributed by atoms with E-state index in [4.69, 9.17) is 10.5 Å². The van der Waals surface area contributed by atoms with Gasteiger partial charge in [0.25, 0.3) is 0 Å². The molecule has 0 spiro atoms. The first-order chi connectivity index (χ1) is 10.8. The van der Waals surface area contributed by atoms with E-state index in [1.807, 2.05) is 0 Å². The molecule has 0 saturated heterocycles. The van der Waals surface area contributed by atoms with E-state index in [0.717, 1.165) is 11.8 Å². The summed E-state index contributed by atoms with van der Waals surface area (Å²) in [5, 5.41) is 1.82. The van der Waals surface area contributed by atoms with Gasteiger partial charge in [-0.1, -0.05) is 6.92 Å². The normalized spacial score (nSPS) is 12.9. The maximum Gasteiger partial charge on any atom is 0.320 e. The highest BCUT2D eigenvalue weighted by molar-refractivity contribution is 8.00. The van der Waals surface area contributed by atoms with Crippen LogP contribution in [0.15, 0.2) is 23.1 Å². The fourth-order valence-corrected chi connectivity index (χ4v) is 3.01. The second-order valence-corrected chi connectivity index (χ2v) is 5.99. The van der Waals surface area contributed by atoms with Crippen LogP contribution < -0.4 is 11.1 Å². The number of nitrogens with one attached hydrogen (secondary N) is 1. The van der Waals surface area contributed by atoms with E-state index in [1.54, 1.807) is 25.1 Å². The van der Waals surface area contributed by atoms with Crippen molar-refractivity contribution in [3.63, 3.8) is 0 Å². The number of benzene rings is 1. The molecule has 0 aliphatic carbocycles. The molecule has 0 saturated carbocycles. The van der Waals surface area contributed by atoms with Gasteiger partial charge < -0.3 is 20.5 Å².